The minimum absolute atomic E-state index is 0.00526. The second-order valence-corrected chi connectivity index (χ2v) is 5.33. The van der Waals surface area contributed by atoms with Crippen LogP contribution in [0.5, 0.6) is 0 Å². The Bertz CT molecular complexity index is 428. The molecule has 1 aromatic rings. The number of urea groups is 1. The molecule has 0 aliphatic carbocycles. The molecule has 0 bridgehead atoms. The smallest absolute Gasteiger partial charge is 0.321 e. The number of carbonyl (C=O) groups is 1. The predicted molar refractivity (Wildman–Crippen MR) is 79.7 cm³/mol. The van der Waals surface area contributed by atoms with Crippen LogP contribution in [0.15, 0.2) is 24.3 Å². The zero-order valence-electron chi connectivity index (χ0n) is 11.9. The second-order valence-electron chi connectivity index (χ2n) is 5.33. The van der Waals surface area contributed by atoms with Gasteiger partial charge in [0.05, 0.1) is 0 Å². The number of hydrogen-bond acceptors (Lipinski definition) is 2. The number of benzene rings is 1. The molecule has 1 unspecified atom stereocenters. The molecule has 1 heterocycles. The Hall–Kier alpha value is -1.71. The number of amides is 2. The fraction of sp³-hybridized carbons (Fsp3) is 0.533. The van der Waals surface area contributed by atoms with Crippen LogP contribution in [-0.2, 0) is 0 Å². The van der Waals surface area contributed by atoms with E-state index in [0.29, 0.717) is 12.0 Å². The molecular formula is C15H23N3O. The maximum atomic E-state index is 11.6. The number of nitrogens with zero attached hydrogens (tertiary/aromatic N) is 1. The van der Waals surface area contributed by atoms with Gasteiger partial charge in [0.25, 0.3) is 0 Å². The highest BCUT2D eigenvalue weighted by Gasteiger charge is 2.20. The lowest BCUT2D eigenvalue weighted by Crippen LogP contribution is -2.27. The molecule has 0 radical (unpaired) electrons. The second kappa shape index (κ2) is 5.95. The van der Waals surface area contributed by atoms with Gasteiger partial charge in [-0.15, -0.1) is 0 Å². The van der Waals surface area contributed by atoms with E-state index in [9.17, 15) is 4.79 Å². The lowest BCUT2D eigenvalue weighted by Gasteiger charge is -2.22. The first-order valence-corrected chi connectivity index (χ1v) is 7.03. The Kier molecular flexibility index (Phi) is 4.30. The zero-order valence-corrected chi connectivity index (χ0v) is 11.9. The van der Waals surface area contributed by atoms with E-state index < -0.39 is 0 Å². The summed E-state index contributed by atoms with van der Waals surface area (Å²) in [4.78, 5) is 13.3. The summed E-state index contributed by atoms with van der Waals surface area (Å²) in [5.74, 6) is 0.606. The molecule has 1 atom stereocenters. The predicted octanol–water partition coefficient (Wildman–Crippen LogP) is 3.06. The van der Waals surface area contributed by atoms with Crippen molar-refractivity contribution in [1.82, 2.24) is 5.32 Å². The first-order valence-electron chi connectivity index (χ1n) is 7.03. The molecule has 0 aromatic heterocycles. The van der Waals surface area contributed by atoms with E-state index in [1.54, 1.807) is 4.90 Å². The maximum absolute atomic E-state index is 11.6. The van der Waals surface area contributed by atoms with Crippen molar-refractivity contribution in [3.05, 3.63) is 24.3 Å². The molecule has 1 aliphatic rings. The van der Waals surface area contributed by atoms with Gasteiger partial charge in [0.2, 0.25) is 0 Å². The number of rotatable bonds is 5. The van der Waals surface area contributed by atoms with E-state index in [4.69, 9.17) is 0 Å². The molecule has 1 aromatic carbocycles. The molecule has 1 fully saturated rings. The summed E-state index contributed by atoms with van der Waals surface area (Å²) >= 11 is 0. The van der Waals surface area contributed by atoms with Crippen molar-refractivity contribution in [3.63, 3.8) is 0 Å². The molecule has 1 saturated heterocycles. The van der Waals surface area contributed by atoms with Gasteiger partial charge in [0.15, 0.2) is 0 Å². The van der Waals surface area contributed by atoms with Gasteiger partial charge in [-0.25, -0.2) is 4.79 Å². The molecule has 1 aliphatic heterocycles. The van der Waals surface area contributed by atoms with Gasteiger partial charge in [-0.05, 0) is 36.6 Å². The van der Waals surface area contributed by atoms with Crippen LogP contribution in [0, 0.1) is 5.92 Å². The third-order valence-corrected chi connectivity index (χ3v) is 3.63. The minimum Gasteiger partial charge on any atom is -0.382 e. The highest BCUT2D eigenvalue weighted by Crippen LogP contribution is 2.21. The standard InChI is InChI=1S/C15H23N3O/c1-4-14(11(2)3)17-12-5-7-13(8-6-12)18-10-9-16-15(18)19/h5-8,11,14,17H,4,9-10H2,1-3H3,(H,16,19). The Balaban J connectivity index is 2.04. The van der Waals surface area contributed by atoms with Crippen molar-refractivity contribution in [2.45, 2.75) is 33.2 Å². The normalized spacial score (nSPS) is 16.6. The Labute approximate surface area is 115 Å². The van der Waals surface area contributed by atoms with Crippen molar-refractivity contribution in [3.8, 4) is 0 Å². The molecule has 4 heteroatoms. The number of carbonyl (C=O) groups excluding carboxylic acids is 1. The number of nitrogens with one attached hydrogen (secondary N) is 2. The largest absolute Gasteiger partial charge is 0.382 e. The van der Waals surface area contributed by atoms with Crippen LogP contribution in [0.25, 0.3) is 0 Å². The third-order valence-electron chi connectivity index (χ3n) is 3.63. The zero-order chi connectivity index (χ0) is 13.8. The van der Waals surface area contributed by atoms with Crippen LogP contribution in [-0.4, -0.2) is 25.2 Å². The summed E-state index contributed by atoms with van der Waals surface area (Å²) in [7, 11) is 0. The molecule has 2 N–H and O–H groups in total. The topological polar surface area (TPSA) is 44.4 Å². The Morgan fingerprint density at radius 2 is 2.00 bits per heavy atom. The highest BCUT2D eigenvalue weighted by molar-refractivity contribution is 5.94. The molecule has 4 nitrogen and oxygen atoms in total. The summed E-state index contributed by atoms with van der Waals surface area (Å²) < 4.78 is 0. The SMILES string of the molecule is CCC(Nc1ccc(N2CCNC2=O)cc1)C(C)C. The van der Waals surface area contributed by atoms with E-state index >= 15 is 0 Å². The quantitative estimate of drug-likeness (QED) is 0.855. The monoisotopic (exact) mass is 261 g/mol. The van der Waals surface area contributed by atoms with Crippen LogP contribution in [0.2, 0.25) is 0 Å². The Morgan fingerprint density at radius 1 is 1.32 bits per heavy atom. The minimum atomic E-state index is -0.00526. The lowest BCUT2D eigenvalue weighted by atomic mass is 10.0. The Morgan fingerprint density at radius 3 is 2.47 bits per heavy atom. The lowest BCUT2D eigenvalue weighted by molar-refractivity contribution is 0.252. The van der Waals surface area contributed by atoms with E-state index in [1.165, 1.54) is 0 Å². The summed E-state index contributed by atoms with van der Waals surface area (Å²) in [5, 5.41) is 6.35. The van der Waals surface area contributed by atoms with Gasteiger partial charge < -0.3 is 10.6 Å². The van der Waals surface area contributed by atoms with Gasteiger partial charge in [0.1, 0.15) is 0 Å². The van der Waals surface area contributed by atoms with Crippen molar-refractivity contribution in [2.75, 3.05) is 23.3 Å². The van der Waals surface area contributed by atoms with E-state index in [1.807, 2.05) is 24.3 Å². The van der Waals surface area contributed by atoms with Gasteiger partial charge in [-0.2, -0.15) is 0 Å². The molecule has 2 rings (SSSR count). The average molecular weight is 261 g/mol. The highest BCUT2D eigenvalue weighted by atomic mass is 16.2. The molecule has 0 saturated carbocycles. The van der Waals surface area contributed by atoms with E-state index in [-0.39, 0.29) is 6.03 Å². The van der Waals surface area contributed by atoms with Gasteiger partial charge in [0, 0.05) is 30.5 Å². The summed E-state index contributed by atoms with van der Waals surface area (Å²) in [5.41, 5.74) is 2.07. The summed E-state index contributed by atoms with van der Waals surface area (Å²) in [6.07, 6.45) is 1.11. The van der Waals surface area contributed by atoms with Gasteiger partial charge >= 0.3 is 6.03 Å². The van der Waals surface area contributed by atoms with Crippen molar-refractivity contribution >= 4 is 17.4 Å². The van der Waals surface area contributed by atoms with E-state index in [2.05, 4.69) is 31.4 Å². The van der Waals surface area contributed by atoms with Gasteiger partial charge in [-0.1, -0.05) is 20.8 Å². The fourth-order valence-electron chi connectivity index (χ4n) is 2.41. The number of hydrogen-bond donors (Lipinski definition) is 2. The summed E-state index contributed by atoms with van der Waals surface area (Å²) in [6.45, 7) is 8.12. The van der Waals surface area contributed by atoms with E-state index in [0.717, 1.165) is 30.9 Å². The van der Waals surface area contributed by atoms with Crippen LogP contribution in [0.4, 0.5) is 16.2 Å². The maximum Gasteiger partial charge on any atom is 0.321 e. The first-order chi connectivity index (χ1) is 9.11. The van der Waals surface area contributed by atoms with Crippen LogP contribution < -0.4 is 15.5 Å². The van der Waals surface area contributed by atoms with Crippen molar-refractivity contribution in [1.29, 1.82) is 0 Å². The van der Waals surface area contributed by atoms with Gasteiger partial charge in [-0.3, -0.25) is 4.90 Å². The molecule has 19 heavy (non-hydrogen) atoms. The van der Waals surface area contributed by atoms with Crippen molar-refractivity contribution < 1.29 is 4.79 Å². The fourth-order valence-corrected chi connectivity index (χ4v) is 2.41. The molecular weight excluding hydrogens is 238 g/mol. The molecule has 0 spiro atoms. The number of anilines is 2. The first kappa shape index (κ1) is 13.7. The van der Waals surface area contributed by atoms with Crippen LogP contribution >= 0.6 is 0 Å². The molecule has 2 amide bonds. The average Bonchev–Trinajstić information content (AvgIpc) is 2.82. The molecule has 104 valence electrons. The van der Waals surface area contributed by atoms with Crippen molar-refractivity contribution in [2.24, 2.45) is 5.92 Å². The van der Waals surface area contributed by atoms with Crippen LogP contribution in [0.3, 0.4) is 0 Å². The summed E-state index contributed by atoms with van der Waals surface area (Å²) in [6, 6.07) is 8.58. The van der Waals surface area contributed by atoms with Crippen LogP contribution in [0.1, 0.15) is 27.2 Å². The third kappa shape index (κ3) is 3.19.